The van der Waals surface area contributed by atoms with Crippen molar-refractivity contribution in [1.82, 2.24) is 23.9 Å². The van der Waals surface area contributed by atoms with Gasteiger partial charge in [0.15, 0.2) is 0 Å². The summed E-state index contributed by atoms with van der Waals surface area (Å²) in [5, 5.41) is 4.05. The van der Waals surface area contributed by atoms with Gasteiger partial charge in [0.1, 0.15) is 11.5 Å². The zero-order valence-electron chi connectivity index (χ0n) is 27.9. The van der Waals surface area contributed by atoms with Crippen molar-refractivity contribution in [1.29, 1.82) is 0 Å². The molecule has 0 radical (unpaired) electrons. The smallest absolute Gasteiger partial charge is 0.503 e. The summed E-state index contributed by atoms with van der Waals surface area (Å²) < 4.78 is 17.5. The largest absolute Gasteiger partial charge is 2.00 e. The van der Waals surface area contributed by atoms with Crippen LogP contribution in [0.5, 0.6) is 11.5 Å². The molecule has 8 heteroatoms. The van der Waals surface area contributed by atoms with Crippen LogP contribution in [0.15, 0.2) is 126 Å². The number of aromatic nitrogens is 5. The van der Waals surface area contributed by atoms with Gasteiger partial charge in [0.05, 0.1) is 16.6 Å². The minimum atomic E-state index is 0. The fraction of sp³-hybridized carbons (Fsp3) is 0.0930. The predicted octanol–water partition coefficient (Wildman–Crippen LogP) is 10.6. The van der Waals surface area contributed by atoms with Crippen molar-refractivity contribution in [2.75, 3.05) is 0 Å². The van der Waals surface area contributed by atoms with E-state index in [1.54, 1.807) is 6.20 Å². The molecule has 0 aliphatic carbocycles. The topological polar surface area (TPSA) is 70.4 Å². The maximum Gasteiger partial charge on any atom is 2.00 e. The molecular weight excluding hydrogens is 814 g/mol. The zero-order chi connectivity index (χ0) is 33.6. The van der Waals surface area contributed by atoms with Gasteiger partial charge in [-0.25, -0.2) is 9.97 Å². The van der Waals surface area contributed by atoms with Crippen molar-refractivity contribution < 1.29 is 30.2 Å². The molecule has 0 fully saturated rings. The van der Waals surface area contributed by atoms with Crippen LogP contribution in [-0.4, -0.2) is 23.9 Å². The van der Waals surface area contributed by atoms with E-state index >= 15 is 0 Å². The van der Waals surface area contributed by atoms with E-state index in [1.165, 1.54) is 5.56 Å². The normalized spacial score (nSPS) is 12.1. The molecule has 0 saturated heterocycles. The summed E-state index contributed by atoms with van der Waals surface area (Å²) in [4.78, 5) is 14.4. The molecule has 6 heterocycles. The van der Waals surface area contributed by atoms with Crippen LogP contribution in [0.3, 0.4) is 0 Å². The molecule has 6 aromatic heterocycles. The van der Waals surface area contributed by atoms with E-state index in [-0.39, 0.29) is 26.5 Å². The third kappa shape index (κ3) is 4.95. The van der Waals surface area contributed by atoms with Crippen molar-refractivity contribution in [3.05, 3.63) is 139 Å². The van der Waals surface area contributed by atoms with E-state index in [0.29, 0.717) is 22.8 Å². The third-order valence-electron chi connectivity index (χ3n) is 9.44. The molecule has 248 valence electrons. The number of imidazole rings is 1. The summed E-state index contributed by atoms with van der Waals surface area (Å²) >= 11 is 0. The SMILES string of the molecule is CC(C)(C)c1ccc(-n2c3[c-]c(Oc4[c-]c(-c5ccccn5)c5c(c4)oc4c5ccc5nc6ccccc6n54)ccc3c3ccccc32)nc1.[Pt+2]. The second-order valence-corrected chi connectivity index (χ2v) is 13.6. The number of pyridine rings is 3. The second-order valence-electron chi connectivity index (χ2n) is 13.6. The fourth-order valence-electron chi connectivity index (χ4n) is 7.01. The summed E-state index contributed by atoms with van der Waals surface area (Å²) in [5.41, 5.74) is 8.75. The number of fused-ring (bicyclic) bond motifs is 10. The first-order valence-electron chi connectivity index (χ1n) is 16.6. The monoisotopic (exact) mass is 842 g/mol. The Hall–Kier alpha value is -5.78. The van der Waals surface area contributed by atoms with Gasteiger partial charge in [0.2, 0.25) is 5.71 Å². The van der Waals surface area contributed by atoms with Crippen LogP contribution in [0, 0.1) is 12.1 Å². The van der Waals surface area contributed by atoms with Crippen LogP contribution in [0.25, 0.3) is 77.6 Å². The van der Waals surface area contributed by atoms with Crippen molar-refractivity contribution in [3.63, 3.8) is 0 Å². The molecule has 10 aromatic rings. The Morgan fingerprint density at radius 1 is 0.725 bits per heavy atom. The summed E-state index contributed by atoms with van der Waals surface area (Å²) in [6, 6.07) is 43.7. The molecule has 0 spiro atoms. The first-order chi connectivity index (χ1) is 24.4. The zero-order valence-corrected chi connectivity index (χ0v) is 30.2. The Morgan fingerprint density at radius 3 is 2.33 bits per heavy atom. The summed E-state index contributed by atoms with van der Waals surface area (Å²) in [7, 11) is 0. The molecule has 51 heavy (non-hydrogen) atoms. The number of benzene rings is 4. The summed E-state index contributed by atoms with van der Waals surface area (Å²) in [5.74, 6) is 1.87. The van der Waals surface area contributed by atoms with Crippen LogP contribution in [0.4, 0.5) is 0 Å². The van der Waals surface area contributed by atoms with E-state index in [2.05, 4.69) is 96.5 Å². The van der Waals surface area contributed by atoms with Gasteiger partial charge in [0.25, 0.3) is 0 Å². The van der Waals surface area contributed by atoms with Crippen LogP contribution in [0.2, 0.25) is 0 Å². The Labute approximate surface area is 307 Å². The van der Waals surface area contributed by atoms with Crippen LogP contribution in [0.1, 0.15) is 26.3 Å². The van der Waals surface area contributed by atoms with Crippen molar-refractivity contribution in [3.8, 4) is 28.6 Å². The number of furan rings is 1. The molecule has 0 N–H and O–H groups in total. The first-order valence-corrected chi connectivity index (χ1v) is 16.6. The molecule has 0 aliphatic rings. The van der Waals surface area contributed by atoms with E-state index < -0.39 is 0 Å². The molecule has 4 aromatic carbocycles. The quantitative estimate of drug-likeness (QED) is 0.165. The van der Waals surface area contributed by atoms with Gasteiger partial charge in [-0.15, -0.1) is 23.1 Å². The molecular formula is C43H29N5O2Pt. The molecule has 0 aliphatic heterocycles. The van der Waals surface area contributed by atoms with Gasteiger partial charge in [0, 0.05) is 34.8 Å². The molecule has 0 unspecified atom stereocenters. The average molecular weight is 843 g/mol. The Bertz CT molecular complexity index is 2940. The van der Waals surface area contributed by atoms with E-state index in [4.69, 9.17) is 24.1 Å². The molecule has 0 amide bonds. The molecule has 0 bridgehead atoms. The van der Waals surface area contributed by atoms with Crippen molar-refractivity contribution in [2.24, 2.45) is 0 Å². The predicted molar refractivity (Wildman–Crippen MR) is 198 cm³/mol. The number of hydrogen-bond donors (Lipinski definition) is 0. The van der Waals surface area contributed by atoms with Gasteiger partial charge in [-0.2, -0.15) is 6.07 Å². The Balaban J connectivity index is 0.00000348. The van der Waals surface area contributed by atoms with Gasteiger partial charge in [-0.05, 0) is 58.5 Å². The van der Waals surface area contributed by atoms with Gasteiger partial charge < -0.3 is 18.7 Å². The van der Waals surface area contributed by atoms with Crippen LogP contribution in [-0.2, 0) is 26.5 Å². The number of hydrogen-bond acceptors (Lipinski definition) is 5. The van der Waals surface area contributed by atoms with Gasteiger partial charge >= 0.3 is 21.1 Å². The second kappa shape index (κ2) is 11.6. The average Bonchev–Trinajstić information content (AvgIpc) is 3.80. The van der Waals surface area contributed by atoms with E-state index in [0.717, 1.165) is 66.3 Å². The van der Waals surface area contributed by atoms with Crippen LogP contribution >= 0.6 is 0 Å². The number of para-hydroxylation sites is 3. The number of rotatable bonds is 4. The molecule has 7 nitrogen and oxygen atoms in total. The van der Waals surface area contributed by atoms with Gasteiger partial charge in [-0.3, -0.25) is 4.40 Å². The molecule has 10 rings (SSSR count). The standard InChI is InChI=1S/C43H29N5O2.Pt/c1-43(2,3)26-15-19-39(45-25-26)47-35-13-6-4-10-29(35)30-17-16-27(23-37(30)47)49-28-22-32(33-11-8-9-21-44-33)41-31-18-20-40-46-34-12-5-7-14-36(34)48(40)42(31)50-38(41)24-28;/h4-21,24-25H,1-3H3;/q-2;+2. The number of nitrogens with zero attached hydrogens (tertiary/aromatic N) is 5. The summed E-state index contributed by atoms with van der Waals surface area (Å²) in [6.07, 6.45) is 3.75. The maximum atomic E-state index is 6.67. The maximum absolute atomic E-state index is 6.67. The van der Waals surface area contributed by atoms with Crippen molar-refractivity contribution in [2.45, 2.75) is 26.2 Å². The van der Waals surface area contributed by atoms with E-state index in [1.807, 2.05) is 60.8 Å². The Morgan fingerprint density at radius 2 is 1.53 bits per heavy atom. The van der Waals surface area contributed by atoms with E-state index in [9.17, 15) is 0 Å². The first kappa shape index (κ1) is 31.2. The molecule has 0 atom stereocenters. The minimum Gasteiger partial charge on any atom is -0.503 e. The number of ether oxygens (including phenoxy) is 1. The minimum absolute atomic E-state index is 0. The van der Waals surface area contributed by atoms with Gasteiger partial charge in [-0.1, -0.05) is 98.4 Å². The Kier molecular flexibility index (Phi) is 7.13. The molecule has 0 saturated carbocycles. The van der Waals surface area contributed by atoms with Crippen molar-refractivity contribution >= 4 is 60.6 Å². The third-order valence-corrected chi connectivity index (χ3v) is 9.44. The fourth-order valence-corrected chi connectivity index (χ4v) is 7.01. The summed E-state index contributed by atoms with van der Waals surface area (Å²) in [6.45, 7) is 6.59. The van der Waals surface area contributed by atoms with Crippen LogP contribution < -0.4 is 4.74 Å².